The lowest BCUT2D eigenvalue weighted by Gasteiger charge is -2.16. The van der Waals surface area contributed by atoms with Crippen molar-refractivity contribution in [2.45, 2.75) is 30.5 Å². The number of alkyl halides is 2. The van der Waals surface area contributed by atoms with Gasteiger partial charge < -0.3 is 15.0 Å². The lowest BCUT2D eigenvalue weighted by molar-refractivity contribution is -0.132. The SMILES string of the molecule is CC1(C(=O)Nc2cccc(OCC(=O)N3CCCC3)c2)CC1(Cl)Cl. The van der Waals surface area contributed by atoms with E-state index in [1.165, 1.54) is 0 Å². The van der Waals surface area contributed by atoms with Crippen molar-refractivity contribution in [3.63, 3.8) is 0 Å². The molecule has 1 aliphatic carbocycles. The monoisotopic (exact) mass is 370 g/mol. The van der Waals surface area contributed by atoms with Crippen LogP contribution >= 0.6 is 23.2 Å². The van der Waals surface area contributed by atoms with Crippen molar-refractivity contribution in [2.24, 2.45) is 5.41 Å². The molecule has 3 rings (SSSR count). The maximum Gasteiger partial charge on any atom is 0.260 e. The van der Waals surface area contributed by atoms with Gasteiger partial charge in [0.1, 0.15) is 10.1 Å². The minimum atomic E-state index is -1.01. The summed E-state index contributed by atoms with van der Waals surface area (Å²) in [6.07, 6.45) is 2.53. The summed E-state index contributed by atoms with van der Waals surface area (Å²) in [6, 6.07) is 6.95. The average molecular weight is 371 g/mol. The molecule has 0 radical (unpaired) electrons. The number of halogens is 2. The summed E-state index contributed by atoms with van der Waals surface area (Å²) in [6.45, 7) is 3.34. The molecule has 0 aromatic heterocycles. The molecule has 130 valence electrons. The van der Waals surface area contributed by atoms with Crippen LogP contribution in [0.25, 0.3) is 0 Å². The Morgan fingerprint density at radius 1 is 1.29 bits per heavy atom. The molecule has 1 atom stereocenters. The Morgan fingerprint density at radius 3 is 2.58 bits per heavy atom. The van der Waals surface area contributed by atoms with Crippen LogP contribution in [-0.2, 0) is 9.59 Å². The van der Waals surface area contributed by atoms with Crippen LogP contribution in [0.3, 0.4) is 0 Å². The van der Waals surface area contributed by atoms with E-state index in [1.807, 2.05) is 0 Å². The van der Waals surface area contributed by atoms with E-state index >= 15 is 0 Å². The van der Waals surface area contributed by atoms with E-state index in [4.69, 9.17) is 27.9 Å². The van der Waals surface area contributed by atoms with Gasteiger partial charge in [-0.25, -0.2) is 0 Å². The molecule has 2 aliphatic rings. The number of hydrogen-bond acceptors (Lipinski definition) is 3. The number of anilines is 1. The molecule has 1 saturated heterocycles. The third-order valence-electron chi connectivity index (χ3n) is 4.67. The second-order valence-corrected chi connectivity index (χ2v) is 8.06. The minimum absolute atomic E-state index is 0.00157. The van der Waals surface area contributed by atoms with Crippen molar-refractivity contribution < 1.29 is 14.3 Å². The Morgan fingerprint density at radius 2 is 1.96 bits per heavy atom. The number of likely N-dealkylation sites (tertiary alicyclic amines) is 1. The number of carbonyl (C=O) groups is 2. The number of rotatable bonds is 5. The van der Waals surface area contributed by atoms with Crippen LogP contribution in [0.4, 0.5) is 5.69 Å². The van der Waals surface area contributed by atoms with E-state index in [1.54, 1.807) is 36.1 Å². The lowest BCUT2D eigenvalue weighted by atomic mass is 10.1. The molecule has 2 amide bonds. The Labute approximate surface area is 151 Å². The summed E-state index contributed by atoms with van der Waals surface area (Å²) in [4.78, 5) is 26.1. The third-order valence-corrected chi connectivity index (χ3v) is 5.77. The molecule has 1 aromatic carbocycles. The normalized spacial score (nSPS) is 24.5. The smallest absolute Gasteiger partial charge is 0.260 e. The highest BCUT2D eigenvalue weighted by molar-refractivity contribution is 6.53. The number of hydrogen-bond donors (Lipinski definition) is 1. The molecule has 1 saturated carbocycles. The Bertz CT molecular complexity index is 659. The molecular formula is C17H20Cl2N2O3. The number of ether oxygens (including phenoxy) is 1. The van der Waals surface area contributed by atoms with Gasteiger partial charge in [-0.05, 0) is 38.3 Å². The van der Waals surface area contributed by atoms with Crippen LogP contribution < -0.4 is 10.1 Å². The van der Waals surface area contributed by atoms with Gasteiger partial charge in [0.25, 0.3) is 5.91 Å². The van der Waals surface area contributed by atoms with Crippen LogP contribution in [0.2, 0.25) is 0 Å². The van der Waals surface area contributed by atoms with E-state index in [9.17, 15) is 9.59 Å². The van der Waals surface area contributed by atoms with Gasteiger partial charge in [0.15, 0.2) is 6.61 Å². The molecule has 5 nitrogen and oxygen atoms in total. The molecule has 1 unspecified atom stereocenters. The maximum absolute atomic E-state index is 12.3. The average Bonchev–Trinajstić information content (AvgIpc) is 2.94. The molecular weight excluding hydrogens is 351 g/mol. The zero-order chi connectivity index (χ0) is 17.4. The first-order valence-electron chi connectivity index (χ1n) is 8.02. The molecule has 1 aliphatic heterocycles. The van der Waals surface area contributed by atoms with Crippen molar-refractivity contribution in [3.05, 3.63) is 24.3 Å². The lowest BCUT2D eigenvalue weighted by Crippen LogP contribution is -2.32. The molecule has 1 N–H and O–H groups in total. The number of nitrogens with one attached hydrogen (secondary N) is 1. The predicted molar refractivity (Wildman–Crippen MR) is 93.5 cm³/mol. The summed E-state index contributed by atoms with van der Waals surface area (Å²) in [5.74, 6) is 0.295. The van der Waals surface area contributed by atoms with Gasteiger partial charge in [-0.15, -0.1) is 23.2 Å². The second-order valence-electron chi connectivity index (χ2n) is 6.57. The van der Waals surface area contributed by atoms with Crippen molar-refractivity contribution in [2.75, 3.05) is 25.0 Å². The Hall–Kier alpha value is -1.46. The Balaban J connectivity index is 1.56. The van der Waals surface area contributed by atoms with Crippen LogP contribution in [0.1, 0.15) is 26.2 Å². The Kier molecular flexibility index (Phi) is 4.67. The van der Waals surface area contributed by atoms with Crippen molar-refractivity contribution in [1.82, 2.24) is 4.90 Å². The summed E-state index contributed by atoms with van der Waals surface area (Å²) in [7, 11) is 0. The first kappa shape index (κ1) is 17.4. The van der Waals surface area contributed by atoms with Crippen LogP contribution in [0, 0.1) is 5.41 Å². The van der Waals surface area contributed by atoms with Crippen LogP contribution in [-0.4, -0.2) is 40.7 Å². The summed E-state index contributed by atoms with van der Waals surface area (Å²) < 4.78 is 4.54. The number of benzene rings is 1. The topological polar surface area (TPSA) is 58.6 Å². The molecule has 0 bridgehead atoms. The molecule has 24 heavy (non-hydrogen) atoms. The van der Waals surface area contributed by atoms with Gasteiger partial charge in [-0.2, -0.15) is 0 Å². The van der Waals surface area contributed by atoms with Gasteiger partial charge in [-0.3, -0.25) is 9.59 Å². The van der Waals surface area contributed by atoms with Gasteiger partial charge in [0.2, 0.25) is 5.91 Å². The molecule has 1 aromatic rings. The van der Waals surface area contributed by atoms with E-state index in [2.05, 4.69) is 5.32 Å². The second kappa shape index (κ2) is 6.45. The van der Waals surface area contributed by atoms with Crippen molar-refractivity contribution in [1.29, 1.82) is 0 Å². The summed E-state index contributed by atoms with van der Waals surface area (Å²) in [5, 5.41) is 2.80. The molecule has 2 fully saturated rings. The fourth-order valence-corrected chi connectivity index (χ4v) is 3.49. The molecule has 1 heterocycles. The quantitative estimate of drug-likeness (QED) is 0.809. The fraction of sp³-hybridized carbons (Fsp3) is 0.529. The zero-order valence-corrected chi connectivity index (χ0v) is 15.0. The third kappa shape index (κ3) is 3.47. The molecule has 0 spiro atoms. The zero-order valence-electron chi connectivity index (χ0n) is 13.5. The number of nitrogens with zero attached hydrogens (tertiary/aromatic N) is 1. The highest BCUT2D eigenvalue weighted by atomic mass is 35.5. The van der Waals surface area contributed by atoms with Crippen molar-refractivity contribution >= 4 is 40.7 Å². The van der Waals surface area contributed by atoms with Gasteiger partial charge >= 0.3 is 0 Å². The van der Waals surface area contributed by atoms with E-state index < -0.39 is 9.75 Å². The standard InChI is InChI=1S/C17H20Cl2N2O3/c1-16(11-17(16,18)19)15(23)20-12-5-4-6-13(9-12)24-10-14(22)21-7-2-3-8-21/h4-6,9H,2-3,7-8,10-11H2,1H3,(H,20,23). The van der Waals surface area contributed by atoms with Crippen molar-refractivity contribution in [3.8, 4) is 5.75 Å². The summed E-state index contributed by atoms with van der Waals surface area (Å²) in [5.41, 5.74) is -0.193. The number of carbonyl (C=O) groups excluding carboxylic acids is 2. The first-order chi connectivity index (χ1) is 11.3. The first-order valence-corrected chi connectivity index (χ1v) is 8.77. The number of amides is 2. The van der Waals surface area contributed by atoms with E-state index in [0.29, 0.717) is 17.9 Å². The molecule has 7 heteroatoms. The maximum atomic E-state index is 12.3. The van der Waals surface area contributed by atoms with Gasteiger partial charge in [-0.1, -0.05) is 6.07 Å². The van der Waals surface area contributed by atoms with Crippen LogP contribution in [0.5, 0.6) is 5.75 Å². The highest BCUT2D eigenvalue weighted by Crippen LogP contribution is 2.64. The van der Waals surface area contributed by atoms with Crippen LogP contribution in [0.15, 0.2) is 24.3 Å². The van der Waals surface area contributed by atoms with E-state index in [0.717, 1.165) is 25.9 Å². The highest BCUT2D eigenvalue weighted by Gasteiger charge is 2.67. The predicted octanol–water partition coefficient (Wildman–Crippen LogP) is 3.21. The van der Waals surface area contributed by atoms with Gasteiger partial charge in [0.05, 0.1) is 5.41 Å². The summed E-state index contributed by atoms with van der Waals surface area (Å²) >= 11 is 12.1. The largest absolute Gasteiger partial charge is 0.484 e. The fourth-order valence-electron chi connectivity index (χ4n) is 2.78. The van der Waals surface area contributed by atoms with E-state index in [-0.39, 0.29) is 18.4 Å². The van der Waals surface area contributed by atoms with Gasteiger partial charge in [0, 0.05) is 24.8 Å². The minimum Gasteiger partial charge on any atom is -0.484 e.